The van der Waals surface area contributed by atoms with Gasteiger partial charge in [-0.25, -0.2) is 4.98 Å². The number of nitrogens with one attached hydrogen (secondary N) is 1. The number of oxazole rings is 1. The molecule has 8 nitrogen and oxygen atoms in total. The van der Waals surface area contributed by atoms with E-state index in [0.717, 1.165) is 6.42 Å². The topological polar surface area (TPSA) is 101 Å². The smallest absolute Gasteiger partial charge is 0.424 e. The Bertz CT molecular complexity index is 1090. The molecule has 0 spiro atoms. The first-order valence-electron chi connectivity index (χ1n) is 10.00. The number of halogens is 2. The maximum atomic E-state index is 14.4. The van der Waals surface area contributed by atoms with Crippen molar-refractivity contribution in [3.05, 3.63) is 23.7 Å². The predicted octanol–water partition coefficient (Wildman–Crippen LogP) is 2.82. The van der Waals surface area contributed by atoms with Gasteiger partial charge in [0.2, 0.25) is 5.78 Å². The summed E-state index contributed by atoms with van der Waals surface area (Å²) in [6, 6.07) is 3.98. The molecule has 2 aromatic heterocycles. The van der Waals surface area contributed by atoms with E-state index in [1.165, 1.54) is 17.4 Å². The Balaban J connectivity index is 1.52. The molecule has 0 saturated carbocycles. The number of aromatic nitrogens is 2. The van der Waals surface area contributed by atoms with Gasteiger partial charge in [-0.05, 0) is 25.0 Å². The van der Waals surface area contributed by atoms with Crippen LogP contribution in [0, 0.1) is 0 Å². The van der Waals surface area contributed by atoms with E-state index < -0.39 is 18.3 Å². The minimum absolute atomic E-state index is 0.0599. The summed E-state index contributed by atoms with van der Waals surface area (Å²) >= 11 is 1.39. The van der Waals surface area contributed by atoms with E-state index >= 15 is 0 Å². The van der Waals surface area contributed by atoms with Crippen molar-refractivity contribution in [1.82, 2.24) is 15.3 Å². The molecule has 2 unspecified atom stereocenters. The van der Waals surface area contributed by atoms with E-state index in [0.29, 0.717) is 41.8 Å². The van der Waals surface area contributed by atoms with Crippen LogP contribution in [0.25, 0.3) is 21.7 Å². The zero-order valence-corrected chi connectivity index (χ0v) is 17.2. The molecular weight excluding hydrogens is 430 g/mol. The third kappa shape index (κ3) is 3.77. The Morgan fingerprint density at radius 1 is 1.39 bits per heavy atom. The SMILES string of the molecule is O=C(CCCO)C(F)(F)Oc1ccc(-c2nccs2)c2oc(N3CC4CC(C3)N4)nc12. The molecule has 3 aromatic rings. The molecule has 2 atom stereocenters. The van der Waals surface area contributed by atoms with Crippen molar-refractivity contribution in [2.24, 2.45) is 0 Å². The highest BCUT2D eigenvalue weighted by atomic mass is 32.1. The number of hydrogen-bond acceptors (Lipinski definition) is 9. The summed E-state index contributed by atoms with van der Waals surface area (Å²) in [5.41, 5.74) is 1.02. The van der Waals surface area contributed by atoms with Crippen molar-refractivity contribution < 1.29 is 27.8 Å². The molecule has 0 amide bonds. The Labute approximate surface area is 179 Å². The lowest BCUT2D eigenvalue weighted by Gasteiger charge is -2.47. The summed E-state index contributed by atoms with van der Waals surface area (Å²) in [6.07, 6.45) is -1.85. The molecule has 3 fully saturated rings. The Hall–Kier alpha value is -2.63. The maximum absolute atomic E-state index is 14.4. The molecule has 11 heteroatoms. The van der Waals surface area contributed by atoms with Crippen molar-refractivity contribution in [3.8, 4) is 16.3 Å². The summed E-state index contributed by atoms with van der Waals surface area (Å²) < 4.78 is 39.7. The van der Waals surface area contributed by atoms with Gasteiger partial charge in [0.15, 0.2) is 16.8 Å². The van der Waals surface area contributed by atoms with Gasteiger partial charge in [0.1, 0.15) is 5.01 Å². The van der Waals surface area contributed by atoms with E-state index in [1.54, 1.807) is 17.6 Å². The second-order valence-electron chi connectivity index (χ2n) is 7.69. The summed E-state index contributed by atoms with van der Waals surface area (Å²) in [4.78, 5) is 22.6. The first-order chi connectivity index (χ1) is 14.9. The first kappa shape index (κ1) is 20.3. The van der Waals surface area contributed by atoms with Gasteiger partial charge >= 0.3 is 6.11 Å². The van der Waals surface area contributed by atoms with Gasteiger partial charge in [0, 0.05) is 49.8 Å². The van der Waals surface area contributed by atoms with Crippen LogP contribution >= 0.6 is 11.3 Å². The van der Waals surface area contributed by atoms with E-state index in [9.17, 15) is 13.6 Å². The van der Waals surface area contributed by atoms with Crippen LogP contribution in [-0.4, -0.2) is 58.7 Å². The number of ether oxygens (including phenoxy) is 1. The molecule has 31 heavy (non-hydrogen) atoms. The number of nitrogens with zero attached hydrogens (tertiary/aromatic N) is 3. The lowest BCUT2D eigenvalue weighted by Crippen LogP contribution is -2.67. The number of piperazine rings is 1. The highest BCUT2D eigenvalue weighted by molar-refractivity contribution is 7.13. The number of ketones is 1. The first-order valence-corrected chi connectivity index (χ1v) is 10.9. The van der Waals surface area contributed by atoms with Crippen LogP contribution in [0.4, 0.5) is 14.8 Å². The lowest BCUT2D eigenvalue weighted by atomic mass is 9.92. The molecule has 0 aliphatic carbocycles. The Morgan fingerprint density at radius 3 is 2.84 bits per heavy atom. The third-order valence-electron chi connectivity index (χ3n) is 5.48. The number of carbonyl (C=O) groups excluding carboxylic acids is 1. The summed E-state index contributed by atoms with van der Waals surface area (Å²) in [5.74, 6) is -1.64. The number of alkyl halides is 2. The number of aliphatic hydroxyl groups excluding tert-OH is 1. The highest BCUT2D eigenvalue weighted by Gasteiger charge is 2.42. The van der Waals surface area contributed by atoms with Gasteiger partial charge in [-0.1, -0.05) is 0 Å². The molecule has 6 rings (SSSR count). The van der Waals surface area contributed by atoms with Gasteiger partial charge in [-0.2, -0.15) is 13.8 Å². The van der Waals surface area contributed by atoms with E-state index in [1.807, 2.05) is 4.90 Å². The van der Waals surface area contributed by atoms with Gasteiger partial charge < -0.3 is 24.5 Å². The van der Waals surface area contributed by atoms with Crippen LogP contribution in [0.3, 0.4) is 0 Å². The normalized spacial score (nSPS) is 20.7. The monoisotopic (exact) mass is 450 g/mol. The molecular formula is C20H20F2N4O4S. The van der Waals surface area contributed by atoms with Crippen molar-refractivity contribution >= 4 is 34.2 Å². The second kappa shape index (κ2) is 7.81. The number of anilines is 1. The molecule has 164 valence electrons. The van der Waals surface area contributed by atoms with Crippen LogP contribution in [0.5, 0.6) is 5.75 Å². The summed E-state index contributed by atoms with van der Waals surface area (Å²) in [5, 5.41) is 14.7. The van der Waals surface area contributed by atoms with Crippen LogP contribution in [0.2, 0.25) is 0 Å². The Morgan fingerprint density at radius 2 is 2.16 bits per heavy atom. The van der Waals surface area contributed by atoms with E-state index in [2.05, 4.69) is 15.3 Å². The molecule has 3 aliphatic heterocycles. The van der Waals surface area contributed by atoms with Gasteiger partial charge in [-0.3, -0.25) is 4.79 Å². The maximum Gasteiger partial charge on any atom is 0.461 e. The molecule has 3 aliphatic rings. The molecule has 2 bridgehead atoms. The van der Waals surface area contributed by atoms with Crippen LogP contribution < -0.4 is 15.0 Å². The highest BCUT2D eigenvalue weighted by Crippen LogP contribution is 2.40. The number of fused-ring (bicyclic) bond motifs is 3. The standard InChI is InChI=1S/C20H20F2N4O4S/c21-20(22,15(28)2-1-6-27)30-14-4-3-13(18-23-5-7-31-18)17-16(14)25-19(29-17)26-9-11-8-12(10-26)24-11/h3-5,7,11-12,24,27H,1-2,6,8-10H2. The van der Waals surface area contributed by atoms with E-state index in [4.69, 9.17) is 14.3 Å². The number of aliphatic hydroxyl groups is 1. The zero-order chi connectivity index (χ0) is 21.6. The number of hydrogen-bond donors (Lipinski definition) is 2. The summed E-state index contributed by atoms with van der Waals surface area (Å²) in [6.45, 7) is 1.07. The largest absolute Gasteiger partial charge is 0.461 e. The van der Waals surface area contributed by atoms with Crippen molar-refractivity contribution in [2.45, 2.75) is 37.5 Å². The Kier molecular flexibility index (Phi) is 5.11. The fourth-order valence-corrected chi connectivity index (χ4v) is 4.62. The molecule has 0 radical (unpaired) electrons. The average Bonchev–Trinajstić information content (AvgIpc) is 3.42. The number of carbonyl (C=O) groups is 1. The molecule has 1 aromatic carbocycles. The predicted molar refractivity (Wildman–Crippen MR) is 110 cm³/mol. The third-order valence-corrected chi connectivity index (χ3v) is 6.28. The average molecular weight is 450 g/mol. The van der Waals surface area contributed by atoms with Crippen LogP contribution in [0.15, 0.2) is 28.1 Å². The molecule has 5 heterocycles. The number of rotatable bonds is 8. The van der Waals surface area contributed by atoms with Crippen LogP contribution in [0.1, 0.15) is 19.3 Å². The minimum Gasteiger partial charge on any atom is -0.424 e. The number of thiazole rings is 1. The van der Waals surface area contributed by atoms with E-state index in [-0.39, 0.29) is 29.9 Å². The fourth-order valence-electron chi connectivity index (χ4n) is 3.96. The van der Waals surface area contributed by atoms with Crippen molar-refractivity contribution in [3.63, 3.8) is 0 Å². The lowest BCUT2D eigenvalue weighted by molar-refractivity contribution is -0.190. The summed E-state index contributed by atoms with van der Waals surface area (Å²) in [7, 11) is 0. The zero-order valence-electron chi connectivity index (χ0n) is 16.4. The van der Waals surface area contributed by atoms with Gasteiger partial charge in [0.05, 0.1) is 5.56 Å². The van der Waals surface area contributed by atoms with Crippen molar-refractivity contribution in [2.75, 3.05) is 24.6 Å². The minimum atomic E-state index is -4.04. The molecule has 3 saturated heterocycles. The van der Waals surface area contributed by atoms with Crippen molar-refractivity contribution in [1.29, 1.82) is 0 Å². The number of benzene rings is 1. The fraction of sp³-hybridized carbons (Fsp3) is 0.450. The van der Waals surface area contributed by atoms with Crippen LogP contribution in [-0.2, 0) is 4.79 Å². The molecule has 2 N–H and O–H groups in total. The second-order valence-corrected chi connectivity index (χ2v) is 8.59. The number of Topliss-reactive ketones (excluding diaryl/α,β-unsaturated/α-hetero) is 1. The quantitative estimate of drug-likeness (QED) is 0.540. The van der Waals surface area contributed by atoms with Gasteiger partial charge in [-0.15, -0.1) is 11.3 Å². The number of piperidine rings is 1. The van der Waals surface area contributed by atoms with Gasteiger partial charge in [0.25, 0.3) is 6.01 Å².